The Kier molecular flexibility index (Phi) is 4.99. The summed E-state index contributed by atoms with van der Waals surface area (Å²) >= 11 is 0. The molecule has 0 bridgehead atoms. The lowest BCUT2D eigenvalue weighted by Crippen LogP contribution is -2.35. The van der Waals surface area contributed by atoms with Crippen molar-refractivity contribution >= 4 is 0 Å². The summed E-state index contributed by atoms with van der Waals surface area (Å²) < 4.78 is 15.9. The molecule has 4 nitrogen and oxygen atoms in total. The van der Waals surface area contributed by atoms with E-state index in [1.807, 2.05) is 26.0 Å². The molecule has 0 heterocycles. The first-order valence-corrected chi connectivity index (χ1v) is 5.93. The fourth-order valence-electron chi connectivity index (χ4n) is 1.92. The van der Waals surface area contributed by atoms with E-state index in [2.05, 4.69) is 0 Å². The molecule has 0 fully saturated rings. The van der Waals surface area contributed by atoms with Gasteiger partial charge in [0.15, 0.2) is 0 Å². The standard InChI is InChI=1S/C14H23NO3/c1-14(2,15)8-12-10(9-16-3)6-11(17-4)7-13(12)18-5/h6-7H,8-9,15H2,1-5H3. The lowest BCUT2D eigenvalue weighted by atomic mass is 9.92. The van der Waals surface area contributed by atoms with Gasteiger partial charge in [0.25, 0.3) is 0 Å². The van der Waals surface area contributed by atoms with Crippen LogP contribution >= 0.6 is 0 Å². The number of rotatable bonds is 6. The molecule has 0 aromatic heterocycles. The van der Waals surface area contributed by atoms with E-state index < -0.39 is 0 Å². The number of ether oxygens (including phenoxy) is 3. The summed E-state index contributed by atoms with van der Waals surface area (Å²) in [6.45, 7) is 4.50. The summed E-state index contributed by atoms with van der Waals surface area (Å²) in [5, 5.41) is 0. The Labute approximate surface area is 109 Å². The number of benzene rings is 1. The largest absolute Gasteiger partial charge is 0.497 e. The van der Waals surface area contributed by atoms with Crippen LogP contribution in [0, 0.1) is 0 Å². The molecule has 0 unspecified atom stereocenters. The van der Waals surface area contributed by atoms with Gasteiger partial charge in [-0.1, -0.05) is 0 Å². The molecule has 0 aliphatic heterocycles. The molecule has 1 rings (SSSR count). The quantitative estimate of drug-likeness (QED) is 0.844. The van der Waals surface area contributed by atoms with Gasteiger partial charge in [-0.25, -0.2) is 0 Å². The second kappa shape index (κ2) is 6.07. The van der Waals surface area contributed by atoms with E-state index in [4.69, 9.17) is 19.9 Å². The van der Waals surface area contributed by atoms with Crippen LogP contribution in [0.15, 0.2) is 12.1 Å². The summed E-state index contributed by atoms with van der Waals surface area (Å²) in [4.78, 5) is 0. The number of methoxy groups -OCH3 is 3. The van der Waals surface area contributed by atoms with Crippen molar-refractivity contribution in [3.63, 3.8) is 0 Å². The molecule has 0 atom stereocenters. The SMILES string of the molecule is COCc1cc(OC)cc(OC)c1CC(C)(C)N. The molecule has 0 radical (unpaired) electrons. The molecule has 0 aliphatic carbocycles. The molecule has 0 amide bonds. The molecule has 0 saturated carbocycles. The molecule has 0 saturated heterocycles. The molecular formula is C14H23NO3. The minimum absolute atomic E-state index is 0.301. The zero-order valence-electron chi connectivity index (χ0n) is 11.9. The third kappa shape index (κ3) is 3.89. The average Bonchev–Trinajstić information content (AvgIpc) is 2.29. The van der Waals surface area contributed by atoms with Crippen LogP contribution in [0.3, 0.4) is 0 Å². The molecule has 1 aromatic carbocycles. The van der Waals surface area contributed by atoms with Gasteiger partial charge in [-0.15, -0.1) is 0 Å². The van der Waals surface area contributed by atoms with E-state index in [1.54, 1.807) is 21.3 Å². The predicted molar refractivity (Wildman–Crippen MR) is 72.2 cm³/mol. The van der Waals surface area contributed by atoms with Crippen LogP contribution in [-0.2, 0) is 17.8 Å². The first kappa shape index (κ1) is 14.8. The molecular weight excluding hydrogens is 230 g/mol. The Morgan fingerprint density at radius 3 is 2.22 bits per heavy atom. The maximum atomic E-state index is 6.10. The predicted octanol–water partition coefficient (Wildman–Crippen LogP) is 2.13. The van der Waals surface area contributed by atoms with Crippen molar-refractivity contribution in [2.75, 3.05) is 21.3 Å². The van der Waals surface area contributed by atoms with Crippen molar-refractivity contribution in [3.8, 4) is 11.5 Å². The van der Waals surface area contributed by atoms with Crippen LogP contribution < -0.4 is 15.2 Å². The van der Waals surface area contributed by atoms with Gasteiger partial charge in [-0.2, -0.15) is 0 Å². The van der Waals surface area contributed by atoms with Gasteiger partial charge >= 0.3 is 0 Å². The van der Waals surface area contributed by atoms with Crippen molar-refractivity contribution in [2.45, 2.75) is 32.4 Å². The van der Waals surface area contributed by atoms with E-state index in [9.17, 15) is 0 Å². The Morgan fingerprint density at radius 2 is 1.78 bits per heavy atom. The van der Waals surface area contributed by atoms with E-state index in [0.717, 1.165) is 29.0 Å². The fraction of sp³-hybridized carbons (Fsp3) is 0.571. The molecule has 2 N–H and O–H groups in total. The van der Waals surface area contributed by atoms with E-state index in [1.165, 1.54) is 0 Å². The van der Waals surface area contributed by atoms with Crippen molar-refractivity contribution in [1.29, 1.82) is 0 Å². The van der Waals surface area contributed by atoms with Gasteiger partial charge < -0.3 is 19.9 Å². The third-order valence-corrected chi connectivity index (χ3v) is 2.66. The zero-order chi connectivity index (χ0) is 13.8. The summed E-state index contributed by atoms with van der Waals surface area (Å²) in [6.07, 6.45) is 0.721. The van der Waals surface area contributed by atoms with Gasteiger partial charge in [0.1, 0.15) is 11.5 Å². The highest BCUT2D eigenvalue weighted by Crippen LogP contribution is 2.31. The average molecular weight is 253 g/mol. The lowest BCUT2D eigenvalue weighted by molar-refractivity contribution is 0.183. The Bertz CT molecular complexity index is 397. The monoisotopic (exact) mass is 253 g/mol. The first-order valence-electron chi connectivity index (χ1n) is 5.93. The van der Waals surface area contributed by atoms with E-state index in [0.29, 0.717) is 6.61 Å². The smallest absolute Gasteiger partial charge is 0.126 e. The summed E-state index contributed by atoms with van der Waals surface area (Å²) in [7, 11) is 4.96. The van der Waals surface area contributed by atoms with Crippen molar-refractivity contribution in [1.82, 2.24) is 0 Å². The molecule has 1 aromatic rings. The van der Waals surface area contributed by atoms with Crippen LogP contribution in [0.5, 0.6) is 11.5 Å². The zero-order valence-corrected chi connectivity index (χ0v) is 11.9. The first-order chi connectivity index (χ1) is 8.41. The molecule has 18 heavy (non-hydrogen) atoms. The summed E-state index contributed by atoms with van der Waals surface area (Å²) in [5.41, 5.74) is 7.92. The van der Waals surface area contributed by atoms with Crippen LogP contribution in [0.4, 0.5) is 0 Å². The van der Waals surface area contributed by atoms with E-state index in [-0.39, 0.29) is 5.54 Å². The topological polar surface area (TPSA) is 53.7 Å². The van der Waals surface area contributed by atoms with Crippen LogP contribution in [0.25, 0.3) is 0 Å². The molecule has 4 heteroatoms. The number of nitrogens with two attached hydrogens (primary N) is 1. The second-order valence-electron chi connectivity index (χ2n) is 5.07. The highest BCUT2D eigenvalue weighted by Gasteiger charge is 2.19. The Balaban J connectivity index is 3.25. The van der Waals surface area contributed by atoms with Crippen LogP contribution in [-0.4, -0.2) is 26.9 Å². The molecule has 0 spiro atoms. The maximum absolute atomic E-state index is 6.10. The normalized spacial score (nSPS) is 11.4. The highest BCUT2D eigenvalue weighted by atomic mass is 16.5. The Hall–Kier alpha value is -1.26. The minimum atomic E-state index is -0.301. The van der Waals surface area contributed by atoms with Crippen molar-refractivity contribution in [2.24, 2.45) is 5.73 Å². The third-order valence-electron chi connectivity index (χ3n) is 2.66. The number of hydrogen-bond donors (Lipinski definition) is 1. The van der Waals surface area contributed by atoms with Gasteiger partial charge in [-0.3, -0.25) is 0 Å². The summed E-state index contributed by atoms with van der Waals surface area (Å²) in [5.74, 6) is 1.55. The maximum Gasteiger partial charge on any atom is 0.126 e. The van der Waals surface area contributed by atoms with Gasteiger partial charge in [0.2, 0.25) is 0 Å². The minimum Gasteiger partial charge on any atom is -0.497 e. The number of hydrogen-bond acceptors (Lipinski definition) is 4. The van der Waals surface area contributed by atoms with Gasteiger partial charge in [0, 0.05) is 24.3 Å². The fourth-order valence-corrected chi connectivity index (χ4v) is 1.92. The molecule has 102 valence electrons. The van der Waals surface area contributed by atoms with Crippen LogP contribution in [0.1, 0.15) is 25.0 Å². The van der Waals surface area contributed by atoms with E-state index >= 15 is 0 Å². The van der Waals surface area contributed by atoms with Gasteiger partial charge in [0.05, 0.1) is 20.8 Å². The summed E-state index contributed by atoms with van der Waals surface area (Å²) in [6, 6.07) is 3.84. The highest BCUT2D eigenvalue weighted by molar-refractivity contribution is 5.47. The van der Waals surface area contributed by atoms with Crippen molar-refractivity contribution < 1.29 is 14.2 Å². The Morgan fingerprint density at radius 1 is 1.11 bits per heavy atom. The second-order valence-corrected chi connectivity index (χ2v) is 5.07. The lowest BCUT2D eigenvalue weighted by Gasteiger charge is -2.23. The van der Waals surface area contributed by atoms with Crippen LogP contribution in [0.2, 0.25) is 0 Å². The molecule has 0 aliphatic rings. The van der Waals surface area contributed by atoms with Gasteiger partial charge in [-0.05, 0) is 31.9 Å². The van der Waals surface area contributed by atoms with Crippen molar-refractivity contribution in [3.05, 3.63) is 23.3 Å².